The highest BCUT2D eigenvalue weighted by molar-refractivity contribution is 6.02. The first-order chi connectivity index (χ1) is 8.22. The third-order valence-electron chi connectivity index (χ3n) is 2.26. The second-order valence-corrected chi connectivity index (χ2v) is 3.40. The summed E-state index contributed by atoms with van der Waals surface area (Å²) in [5.74, 6) is -0.826. The molecule has 88 valence electrons. The SMILES string of the molecule is O=C(O)c1cc(OCCO)nc2ccccc12. The van der Waals surface area contributed by atoms with Crippen molar-refractivity contribution in [3.63, 3.8) is 0 Å². The molecule has 0 atom stereocenters. The molecular formula is C12H11NO4. The van der Waals surface area contributed by atoms with Crippen molar-refractivity contribution in [1.82, 2.24) is 4.98 Å². The van der Waals surface area contributed by atoms with Gasteiger partial charge in [-0.2, -0.15) is 0 Å². The Morgan fingerprint density at radius 1 is 1.35 bits per heavy atom. The number of fused-ring (bicyclic) bond motifs is 1. The van der Waals surface area contributed by atoms with Gasteiger partial charge in [0.2, 0.25) is 5.88 Å². The van der Waals surface area contributed by atoms with Crippen molar-refractivity contribution in [3.8, 4) is 5.88 Å². The number of benzene rings is 1. The van der Waals surface area contributed by atoms with E-state index in [9.17, 15) is 4.79 Å². The molecule has 17 heavy (non-hydrogen) atoms. The van der Waals surface area contributed by atoms with Crippen LogP contribution in [0.3, 0.4) is 0 Å². The Labute approximate surface area is 97.3 Å². The Hall–Kier alpha value is -2.14. The van der Waals surface area contributed by atoms with E-state index in [0.717, 1.165) is 0 Å². The van der Waals surface area contributed by atoms with Gasteiger partial charge in [-0.25, -0.2) is 9.78 Å². The number of rotatable bonds is 4. The number of aliphatic hydroxyl groups excluding tert-OH is 1. The first kappa shape index (κ1) is 11.3. The number of pyridine rings is 1. The Morgan fingerprint density at radius 2 is 2.12 bits per heavy atom. The third-order valence-corrected chi connectivity index (χ3v) is 2.26. The van der Waals surface area contributed by atoms with Crippen LogP contribution in [0.4, 0.5) is 0 Å². The second kappa shape index (κ2) is 4.80. The monoisotopic (exact) mass is 233 g/mol. The normalized spacial score (nSPS) is 10.4. The van der Waals surface area contributed by atoms with Gasteiger partial charge in [0.25, 0.3) is 0 Å². The molecule has 5 heteroatoms. The number of para-hydroxylation sites is 1. The van der Waals surface area contributed by atoms with Gasteiger partial charge < -0.3 is 14.9 Å². The van der Waals surface area contributed by atoms with E-state index in [0.29, 0.717) is 10.9 Å². The first-order valence-corrected chi connectivity index (χ1v) is 5.09. The van der Waals surface area contributed by atoms with E-state index >= 15 is 0 Å². The van der Waals surface area contributed by atoms with Crippen LogP contribution in [0.15, 0.2) is 30.3 Å². The number of aromatic carboxylic acids is 1. The predicted molar refractivity (Wildman–Crippen MR) is 61.3 cm³/mol. The average Bonchev–Trinajstić information content (AvgIpc) is 2.35. The molecule has 0 unspecified atom stereocenters. The summed E-state index contributed by atoms with van der Waals surface area (Å²) in [6, 6.07) is 8.30. The van der Waals surface area contributed by atoms with E-state index in [1.165, 1.54) is 6.07 Å². The molecular weight excluding hydrogens is 222 g/mol. The highest BCUT2D eigenvalue weighted by Crippen LogP contribution is 2.21. The van der Waals surface area contributed by atoms with Crippen LogP contribution >= 0.6 is 0 Å². The molecule has 0 amide bonds. The number of ether oxygens (including phenoxy) is 1. The zero-order chi connectivity index (χ0) is 12.3. The Morgan fingerprint density at radius 3 is 2.82 bits per heavy atom. The largest absolute Gasteiger partial charge is 0.478 e. The van der Waals surface area contributed by atoms with E-state index in [2.05, 4.69) is 4.98 Å². The molecule has 0 fully saturated rings. The minimum atomic E-state index is -1.03. The topological polar surface area (TPSA) is 79.7 Å². The van der Waals surface area contributed by atoms with Crippen molar-refractivity contribution in [1.29, 1.82) is 0 Å². The Kier molecular flexibility index (Phi) is 3.20. The quantitative estimate of drug-likeness (QED) is 0.832. The fourth-order valence-electron chi connectivity index (χ4n) is 1.55. The third kappa shape index (κ3) is 2.34. The van der Waals surface area contributed by atoms with Crippen LogP contribution in [0.2, 0.25) is 0 Å². The lowest BCUT2D eigenvalue weighted by molar-refractivity contribution is 0.0698. The van der Waals surface area contributed by atoms with Gasteiger partial charge in [-0.1, -0.05) is 18.2 Å². The summed E-state index contributed by atoms with van der Waals surface area (Å²) in [6.45, 7) is -0.0543. The summed E-state index contributed by atoms with van der Waals surface area (Å²) >= 11 is 0. The maximum Gasteiger partial charge on any atom is 0.336 e. The smallest absolute Gasteiger partial charge is 0.336 e. The molecule has 0 radical (unpaired) electrons. The second-order valence-electron chi connectivity index (χ2n) is 3.40. The molecule has 2 aromatic rings. The molecule has 0 aliphatic heterocycles. The zero-order valence-electron chi connectivity index (χ0n) is 8.96. The van der Waals surface area contributed by atoms with E-state index in [1.807, 2.05) is 0 Å². The van der Waals surface area contributed by atoms with Gasteiger partial charge in [0, 0.05) is 11.5 Å². The van der Waals surface area contributed by atoms with Gasteiger partial charge in [-0.05, 0) is 6.07 Å². The van der Waals surface area contributed by atoms with Gasteiger partial charge in [-0.15, -0.1) is 0 Å². The lowest BCUT2D eigenvalue weighted by Crippen LogP contribution is -2.05. The fourth-order valence-corrected chi connectivity index (χ4v) is 1.55. The number of carboxylic acids is 1. The molecule has 5 nitrogen and oxygen atoms in total. The number of nitrogens with zero attached hydrogens (tertiary/aromatic N) is 1. The number of carbonyl (C=O) groups is 1. The summed E-state index contributed by atoms with van der Waals surface area (Å²) in [5, 5.41) is 18.3. The van der Waals surface area contributed by atoms with Crippen molar-refractivity contribution < 1.29 is 19.7 Å². The molecule has 0 aliphatic rings. The lowest BCUT2D eigenvalue weighted by Gasteiger charge is -2.07. The maximum atomic E-state index is 11.1. The highest BCUT2D eigenvalue weighted by Gasteiger charge is 2.11. The fraction of sp³-hybridized carbons (Fsp3) is 0.167. The molecule has 0 spiro atoms. The molecule has 2 N–H and O–H groups in total. The summed E-state index contributed by atoms with van der Waals surface area (Å²) in [6.07, 6.45) is 0. The first-order valence-electron chi connectivity index (χ1n) is 5.09. The molecule has 1 aromatic heterocycles. The van der Waals surface area contributed by atoms with Crippen LogP contribution in [-0.4, -0.2) is 34.4 Å². The molecule has 0 bridgehead atoms. The predicted octanol–water partition coefficient (Wildman–Crippen LogP) is 1.30. The summed E-state index contributed by atoms with van der Waals surface area (Å²) < 4.78 is 5.13. The van der Waals surface area contributed by atoms with Gasteiger partial charge >= 0.3 is 5.97 Å². The van der Waals surface area contributed by atoms with Crippen LogP contribution in [-0.2, 0) is 0 Å². The van der Waals surface area contributed by atoms with Crippen LogP contribution < -0.4 is 4.74 Å². The molecule has 0 saturated carbocycles. The number of aromatic nitrogens is 1. The minimum absolute atomic E-state index is 0.0877. The van der Waals surface area contributed by atoms with Crippen LogP contribution in [0.25, 0.3) is 10.9 Å². The molecule has 1 aromatic carbocycles. The van der Waals surface area contributed by atoms with E-state index in [-0.39, 0.29) is 24.7 Å². The van der Waals surface area contributed by atoms with E-state index in [1.54, 1.807) is 24.3 Å². The molecule has 0 saturated heterocycles. The molecule has 1 heterocycles. The number of carboxylic acid groups (broad SMARTS) is 1. The summed E-state index contributed by atoms with van der Waals surface area (Å²) in [5.41, 5.74) is 0.698. The minimum Gasteiger partial charge on any atom is -0.478 e. The van der Waals surface area contributed by atoms with Crippen LogP contribution in [0.5, 0.6) is 5.88 Å². The van der Waals surface area contributed by atoms with E-state index in [4.69, 9.17) is 14.9 Å². The van der Waals surface area contributed by atoms with Crippen molar-refractivity contribution >= 4 is 16.9 Å². The van der Waals surface area contributed by atoms with Crippen LogP contribution in [0, 0.1) is 0 Å². The van der Waals surface area contributed by atoms with Crippen molar-refractivity contribution in [2.45, 2.75) is 0 Å². The Balaban J connectivity index is 2.55. The zero-order valence-corrected chi connectivity index (χ0v) is 8.96. The van der Waals surface area contributed by atoms with Crippen molar-refractivity contribution in [3.05, 3.63) is 35.9 Å². The number of aliphatic hydroxyl groups is 1. The standard InChI is InChI=1S/C12H11NO4/c14-5-6-17-11-7-9(12(15)16)8-3-1-2-4-10(8)13-11/h1-4,7,14H,5-6H2,(H,15,16). The van der Waals surface area contributed by atoms with Crippen molar-refractivity contribution in [2.24, 2.45) is 0 Å². The summed E-state index contributed by atoms with van der Waals surface area (Å²) in [4.78, 5) is 15.3. The van der Waals surface area contributed by atoms with Crippen LogP contribution in [0.1, 0.15) is 10.4 Å². The lowest BCUT2D eigenvalue weighted by atomic mass is 10.1. The molecule has 2 rings (SSSR count). The van der Waals surface area contributed by atoms with E-state index < -0.39 is 5.97 Å². The van der Waals surface area contributed by atoms with Crippen molar-refractivity contribution in [2.75, 3.05) is 13.2 Å². The van der Waals surface area contributed by atoms with Gasteiger partial charge in [-0.3, -0.25) is 0 Å². The van der Waals surface area contributed by atoms with Gasteiger partial charge in [0.05, 0.1) is 17.7 Å². The highest BCUT2D eigenvalue weighted by atomic mass is 16.5. The molecule has 0 aliphatic carbocycles. The number of hydrogen-bond acceptors (Lipinski definition) is 4. The summed E-state index contributed by atoms with van der Waals surface area (Å²) in [7, 11) is 0. The maximum absolute atomic E-state index is 11.1. The Bertz CT molecular complexity index is 553. The van der Waals surface area contributed by atoms with Gasteiger partial charge in [0.1, 0.15) is 6.61 Å². The van der Waals surface area contributed by atoms with Gasteiger partial charge in [0.15, 0.2) is 0 Å². The number of hydrogen-bond donors (Lipinski definition) is 2. The average molecular weight is 233 g/mol.